The molecule has 5 rings (SSSR count). The van der Waals surface area contributed by atoms with Crippen molar-refractivity contribution in [2.24, 2.45) is 0 Å². The molecule has 1 fully saturated rings. The second-order valence-corrected chi connectivity index (χ2v) is 9.99. The van der Waals surface area contributed by atoms with E-state index < -0.39 is 0 Å². The van der Waals surface area contributed by atoms with Gasteiger partial charge in [0.2, 0.25) is 0 Å². The molecular formula is C27H21ClN2O2S2. The number of halogens is 1. The molecule has 1 saturated heterocycles. The number of ether oxygens (including phenoxy) is 1. The average Bonchev–Trinajstić information content (AvgIpc) is 3.28. The Bertz CT molecular complexity index is 1460. The molecule has 4 nitrogen and oxygen atoms in total. The van der Waals surface area contributed by atoms with Crippen LogP contribution in [0.3, 0.4) is 0 Å². The quantitative estimate of drug-likeness (QED) is 0.215. The van der Waals surface area contributed by atoms with E-state index in [4.69, 9.17) is 28.6 Å². The summed E-state index contributed by atoms with van der Waals surface area (Å²) >= 11 is 13.3. The van der Waals surface area contributed by atoms with Gasteiger partial charge in [-0.2, -0.15) is 0 Å². The van der Waals surface area contributed by atoms with Gasteiger partial charge in [0, 0.05) is 33.7 Å². The Kier molecular flexibility index (Phi) is 6.21. The Morgan fingerprint density at radius 2 is 1.74 bits per heavy atom. The van der Waals surface area contributed by atoms with Crippen molar-refractivity contribution in [2.45, 2.75) is 13.5 Å². The molecule has 1 aliphatic heterocycles. The Hall–Kier alpha value is -3.06. The van der Waals surface area contributed by atoms with Crippen LogP contribution >= 0.6 is 35.6 Å². The predicted molar refractivity (Wildman–Crippen MR) is 146 cm³/mol. The van der Waals surface area contributed by atoms with Gasteiger partial charge in [0.15, 0.2) is 4.32 Å². The van der Waals surface area contributed by atoms with E-state index in [1.165, 1.54) is 11.8 Å². The molecule has 7 heteroatoms. The largest absolute Gasteiger partial charge is 0.497 e. The minimum atomic E-state index is -0.123. The average molecular weight is 505 g/mol. The van der Waals surface area contributed by atoms with Crippen molar-refractivity contribution in [1.29, 1.82) is 0 Å². The molecule has 0 aliphatic carbocycles. The van der Waals surface area contributed by atoms with E-state index in [0.717, 1.165) is 44.2 Å². The van der Waals surface area contributed by atoms with Crippen molar-refractivity contribution in [3.63, 3.8) is 0 Å². The lowest BCUT2D eigenvalue weighted by atomic mass is 10.1. The number of rotatable bonds is 5. The Balaban J connectivity index is 1.55. The van der Waals surface area contributed by atoms with E-state index in [9.17, 15) is 4.79 Å². The summed E-state index contributed by atoms with van der Waals surface area (Å²) < 4.78 is 7.98. The molecule has 1 amide bonds. The molecule has 3 aromatic carbocycles. The smallest absolute Gasteiger partial charge is 0.270 e. The Labute approximate surface area is 212 Å². The lowest BCUT2D eigenvalue weighted by molar-refractivity contribution is -0.113. The third kappa shape index (κ3) is 4.02. The van der Waals surface area contributed by atoms with Gasteiger partial charge in [-0.3, -0.25) is 9.69 Å². The second-order valence-electron chi connectivity index (χ2n) is 7.91. The number of carbonyl (C=O) groups is 1. The highest BCUT2D eigenvalue weighted by atomic mass is 35.5. The first-order chi connectivity index (χ1) is 16.5. The van der Waals surface area contributed by atoms with Crippen LogP contribution in [0.2, 0.25) is 5.02 Å². The summed E-state index contributed by atoms with van der Waals surface area (Å²) in [6.45, 7) is 2.72. The number of anilines is 1. The third-order valence-corrected chi connectivity index (χ3v) is 7.64. The van der Waals surface area contributed by atoms with Crippen molar-refractivity contribution in [3.8, 4) is 5.75 Å². The second kappa shape index (κ2) is 9.29. The third-order valence-electron chi connectivity index (χ3n) is 5.97. The molecule has 2 heterocycles. The summed E-state index contributed by atoms with van der Waals surface area (Å²) in [5, 5.41) is 1.82. The zero-order valence-corrected chi connectivity index (χ0v) is 21.0. The first-order valence-corrected chi connectivity index (χ1v) is 12.3. The SMILES string of the molecule is COc1ccc(N2C(=O)/C(=C\c3c(C)n(Cc4ccccc4Cl)c4ccccc34)SC2=S)cc1. The van der Waals surface area contributed by atoms with E-state index >= 15 is 0 Å². The van der Waals surface area contributed by atoms with Crippen molar-refractivity contribution >= 4 is 68.5 Å². The Morgan fingerprint density at radius 1 is 1.03 bits per heavy atom. The van der Waals surface area contributed by atoms with Crippen LogP contribution in [0.1, 0.15) is 16.8 Å². The van der Waals surface area contributed by atoms with Gasteiger partial charge in [0.25, 0.3) is 5.91 Å². The lowest BCUT2D eigenvalue weighted by Gasteiger charge is -2.14. The Morgan fingerprint density at radius 3 is 2.47 bits per heavy atom. The number of hydrogen-bond acceptors (Lipinski definition) is 4. The van der Waals surface area contributed by atoms with Crippen molar-refractivity contribution < 1.29 is 9.53 Å². The normalized spacial score (nSPS) is 15.0. The molecule has 0 bridgehead atoms. The summed E-state index contributed by atoms with van der Waals surface area (Å²) in [5.74, 6) is 0.606. The molecule has 170 valence electrons. The van der Waals surface area contributed by atoms with Crippen LogP contribution in [0.25, 0.3) is 17.0 Å². The molecule has 0 unspecified atom stereocenters. The maximum atomic E-state index is 13.4. The molecule has 1 aliphatic rings. The van der Waals surface area contributed by atoms with Crippen LogP contribution < -0.4 is 9.64 Å². The van der Waals surface area contributed by atoms with Crippen LogP contribution in [-0.4, -0.2) is 21.9 Å². The molecule has 0 spiro atoms. The number of aromatic nitrogens is 1. The van der Waals surface area contributed by atoms with Gasteiger partial charge in [-0.1, -0.05) is 72.0 Å². The fraction of sp³-hybridized carbons (Fsp3) is 0.111. The number of fused-ring (bicyclic) bond motifs is 1. The summed E-state index contributed by atoms with van der Waals surface area (Å²) in [6.07, 6.45) is 1.96. The first kappa shape index (κ1) is 22.7. The van der Waals surface area contributed by atoms with Crippen LogP contribution in [0.5, 0.6) is 5.75 Å². The predicted octanol–water partition coefficient (Wildman–Crippen LogP) is 7.07. The van der Waals surface area contributed by atoms with Gasteiger partial charge in [0.1, 0.15) is 5.75 Å². The van der Waals surface area contributed by atoms with Crippen molar-refractivity contribution in [3.05, 3.63) is 99.5 Å². The number of thioether (sulfide) groups is 1. The molecule has 0 atom stereocenters. The minimum Gasteiger partial charge on any atom is -0.497 e. The number of thiocarbonyl (C=S) groups is 1. The van der Waals surface area contributed by atoms with Crippen LogP contribution in [-0.2, 0) is 11.3 Å². The topological polar surface area (TPSA) is 34.5 Å². The molecular weight excluding hydrogens is 484 g/mol. The molecule has 0 radical (unpaired) electrons. The van der Waals surface area contributed by atoms with Gasteiger partial charge in [-0.05, 0) is 55.0 Å². The standard InChI is InChI=1S/C27H21ClN2O2S2/c1-17-22(15-25-26(31)30(27(33)34-25)19-11-13-20(32-2)14-12-19)21-8-4-6-10-24(21)29(17)16-18-7-3-5-9-23(18)28/h3-15H,16H2,1-2H3/b25-15+. The van der Waals surface area contributed by atoms with Crippen molar-refractivity contribution in [1.82, 2.24) is 4.57 Å². The summed E-state index contributed by atoms with van der Waals surface area (Å²) in [7, 11) is 1.61. The first-order valence-electron chi connectivity index (χ1n) is 10.7. The minimum absolute atomic E-state index is 0.123. The van der Waals surface area contributed by atoms with Gasteiger partial charge in [-0.15, -0.1) is 0 Å². The monoisotopic (exact) mass is 504 g/mol. The number of hydrogen-bond donors (Lipinski definition) is 0. The number of para-hydroxylation sites is 1. The number of carbonyl (C=O) groups excluding carboxylic acids is 1. The molecule has 0 N–H and O–H groups in total. The van der Waals surface area contributed by atoms with Gasteiger partial charge in [-0.25, -0.2) is 0 Å². The van der Waals surface area contributed by atoms with E-state index in [1.54, 1.807) is 12.0 Å². The molecule has 0 saturated carbocycles. The van der Waals surface area contributed by atoms with Crippen LogP contribution in [0, 0.1) is 6.92 Å². The highest BCUT2D eigenvalue weighted by Gasteiger charge is 2.33. The zero-order valence-electron chi connectivity index (χ0n) is 18.6. The number of nitrogens with zero attached hydrogens (tertiary/aromatic N) is 2. The summed E-state index contributed by atoms with van der Waals surface area (Å²) in [6, 6.07) is 23.4. The van der Waals surface area contributed by atoms with E-state index in [0.29, 0.717) is 15.8 Å². The number of amides is 1. The number of benzene rings is 3. The van der Waals surface area contributed by atoms with Gasteiger partial charge in [0.05, 0.1) is 17.7 Å². The lowest BCUT2D eigenvalue weighted by Crippen LogP contribution is -2.27. The van der Waals surface area contributed by atoms with E-state index in [2.05, 4.69) is 23.6 Å². The zero-order chi connectivity index (χ0) is 23.8. The molecule has 34 heavy (non-hydrogen) atoms. The van der Waals surface area contributed by atoms with Crippen LogP contribution in [0.15, 0.2) is 77.7 Å². The maximum absolute atomic E-state index is 13.4. The van der Waals surface area contributed by atoms with Gasteiger partial charge < -0.3 is 9.30 Å². The maximum Gasteiger partial charge on any atom is 0.270 e. The summed E-state index contributed by atoms with van der Waals surface area (Å²) in [5.41, 5.74) is 4.94. The van der Waals surface area contributed by atoms with Crippen molar-refractivity contribution in [2.75, 3.05) is 12.0 Å². The van der Waals surface area contributed by atoms with E-state index in [1.807, 2.05) is 66.7 Å². The van der Waals surface area contributed by atoms with Gasteiger partial charge >= 0.3 is 0 Å². The highest BCUT2D eigenvalue weighted by molar-refractivity contribution is 8.27. The van der Waals surface area contributed by atoms with E-state index in [-0.39, 0.29) is 5.91 Å². The molecule has 4 aromatic rings. The number of methoxy groups -OCH3 is 1. The van der Waals surface area contributed by atoms with Crippen LogP contribution in [0.4, 0.5) is 5.69 Å². The highest BCUT2D eigenvalue weighted by Crippen LogP contribution is 2.38. The summed E-state index contributed by atoms with van der Waals surface area (Å²) in [4.78, 5) is 15.5. The fourth-order valence-corrected chi connectivity index (χ4v) is 5.67. The fourth-order valence-electron chi connectivity index (χ4n) is 4.19. The molecule has 1 aromatic heterocycles.